The smallest absolute Gasteiger partial charge is 0.356 e. The Morgan fingerprint density at radius 1 is 1.07 bits per heavy atom. The van der Waals surface area contributed by atoms with E-state index in [0.717, 1.165) is 16.0 Å². The summed E-state index contributed by atoms with van der Waals surface area (Å²) < 4.78 is 5.95. The highest BCUT2D eigenvalue weighted by Crippen LogP contribution is 2.53. The third kappa shape index (κ3) is 3.70. The van der Waals surface area contributed by atoms with Gasteiger partial charge in [-0.2, -0.15) is 0 Å². The Balaban J connectivity index is 1.63. The van der Waals surface area contributed by atoms with E-state index in [-0.39, 0.29) is 17.0 Å². The van der Waals surface area contributed by atoms with Gasteiger partial charge < -0.3 is 9.84 Å². The molecule has 4 rings (SSSR count). The summed E-state index contributed by atoms with van der Waals surface area (Å²) in [5.41, 5.74) is 1.99. The Bertz CT molecular complexity index is 906. The molecular formula is C22H21NO4S2. The van der Waals surface area contributed by atoms with Crippen molar-refractivity contribution >= 4 is 33.5 Å². The molecule has 7 heteroatoms. The van der Waals surface area contributed by atoms with Crippen LogP contribution in [0.15, 0.2) is 71.3 Å². The first-order valence-corrected chi connectivity index (χ1v) is 11.6. The van der Waals surface area contributed by atoms with Crippen molar-refractivity contribution in [1.29, 1.82) is 0 Å². The van der Waals surface area contributed by atoms with Gasteiger partial charge in [-0.25, -0.2) is 4.79 Å². The molecule has 0 radical (unpaired) electrons. The van der Waals surface area contributed by atoms with Gasteiger partial charge in [0.2, 0.25) is 5.91 Å². The Kier molecular flexibility index (Phi) is 5.72. The predicted octanol–water partition coefficient (Wildman–Crippen LogP) is 4.11. The Morgan fingerprint density at radius 2 is 1.62 bits per heavy atom. The van der Waals surface area contributed by atoms with Gasteiger partial charge in [-0.3, -0.25) is 9.69 Å². The third-order valence-corrected chi connectivity index (χ3v) is 7.94. The number of carbonyl (C=O) groups excluding carboxylic acids is 2. The maximum absolute atomic E-state index is 13.2. The number of β-lactam (4-membered cyclic amide) rings is 1. The highest BCUT2D eigenvalue weighted by atomic mass is 33.1. The fourth-order valence-corrected chi connectivity index (χ4v) is 6.44. The molecule has 3 atom stereocenters. The first-order valence-electron chi connectivity index (χ1n) is 9.35. The summed E-state index contributed by atoms with van der Waals surface area (Å²) in [4.78, 5) is 28.0. The lowest BCUT2D eigenvalue weighted by Crippen LogP contribution is -2.63. The topological polar surface area (TPSA) is 66.8 Å². The van der Waals surface area contributed by atoms with Crippen LogP contribution in [0.25, 0.3) is 0 Å². The van der Waals surface area contributed by atoms with Crippen molar-refractivity contribution in [2.24, 2.45) is 5.92 Å². The second-order valence-corrected chi connectivity index (χ2v) is 9.59. The summed E-state index contributed by atoms with van der Waals surface area (Å²) in [6.45, 7) is 3.42. The summed E-state index contributed by atoms with van der Waals surface area (Å²) in [5, 5.41) is 9.65. The lowest BCUT2D eigenvalue weighted by molar-refractivity contribution is -0.160. The molecule has 1 amide bonds. The minimum Gasteiger partial charge on any atom is -0.448 e. The summed E-state index contributed by atoms with van der Waals surface area (Å²) in [7, 11) is 2.94. The molecule has 0 aliphatic carbocycles. The minimum atomic E-state index is -0.756. The molecule has 1 fully saturated rings. The Hall–Kier alpha value is -2.22. The van der Waals surface area contributed by atoms with Crippen molar-refractivity contribution in [3.63, 3.8) is 0 Å². The van der Waals surface area contributed by atoms with E-state index in [1.807, 2.05) is 67.6 Å². The predicted molar refractivity (Wildman–Crippen MR) is 115 cm³/mol. The van der Waals surface area contributed by atoms with E-state index in [0.29, 0.717) is 0 Å². The van der Waals surface area contributed by atoms with Gasteiger partial charge >= 0.3 is 5.97 Å². The van der Waals surface area contributed by atoms with Crippen LogP contribution in [0.3, 0.4) is 0 Å². The standard InChI is InChI=1S/C22H21NO4S2/c1-13(24)17-20(25)23-18(14(2)28-29-21(17)23)22(26)27-19(15-9-5-3-6-10-15)16-11-7-4-8-12-16/h3-13,17,19,21,24H,1-2H3/t13-,17+,21-/m1/s1. The molecule has 0 unspecified atom stereocenters. The number of nitrogens with zero attached hydrogens (tertiary/aromatic N) is 1. The van der Waals surface area contributed by atoms with Crippen molar-refractivity contribution in [2.75, 3.05) is 0 Å². The average Bonchev–Trinajstić information content (AvgIpc) is 2.73. The van der Waals surface area contributed by atoms with E-state index in [1.165, 1.54) is 26.5 Å². The molecule has 0 spiro atoms. The highest BCUT2D eigenvalue weighted by molar-refractivity contribution is 8.78. The van der Waals surface area contributed by atoms with Gasteiger partial charge in [0.25, 0.3) is 0 Å². The number of rotatable bonds is 5. The molecule has 1 saturated heterocycles. The summed E-state index contributed by atoms with van der Waals surface area (Å²) in [5.74, 6) is -1.27. The molecule has 2 aromatic rings. The quantitative estimate of drug-likeness (QED) is 0.440. The third-order valence-electron chi connectivity index (χ3n) is 5.07. The number of carbonyl (C=O) groups is 2. The van der Waals surface area contributed by atoms with Gasteiger partial charge in [0.15, 0.2) is 6.10 Å². The number of aliphatic hydroxyl groups is 1. The number of aliphatic hydroxyl groups excluding tert-OH is 1. The molecule has 2 aliphatic rings. The van der Waals surface area contributed by atoms with Crippen LogP contribution >= 0.6 is 21.6 Å². The minimum absolute atomic E-state index is 0.236. The van der Waals surface area contributed by atoms with Crippen LogP contribution in [-0.4, -0.2) is 33.4 Å². The van der Waals surface area contributed by atoms with Crippen molar-refractivity contribution < 1.29 is 19.4 Å². The van der Waals surface area contributed by atoms with Gasteiger partial charge in [0, 0.05) is 4.91 Å². The number of ether oxygens (including phenoxy) is 1. The van der Waals surface area contributed by atoms with Crippen molar-refractivity contribution in [3.8, 4) is 0 Å². The van der Waals surface area contributed by atoms with Gasteiger partial charge in [-0.1, -0.05) is 82.3 Å². The first-order chi connectivity index (χ1) is 14.0. The van der Waals surface area contributed by atoms with E-state index in [1.54, 1.807) is 6.92 Å². The Morgan fingerprint density at radius 3 is 2.14 bits per heavy atom. The number of esters is 1. The molecule has 2 aliphatic heterocycles. The zero-order valence-electron chi connectivity index (χ0n) is 16.0. The van der Waals surface area contributed by atoms with Crippen LogP contribution in [0, 0.1) is 5.92 Å². The molecule has 5 nitrogen and oxygen atoms in total. The molecular weight excluding hydrogens is 406 g/mol. The van der Waals surface area contributed by atoms with Crippen molar-refractivity contribution in [2.45, 2.75) is 31.4 Å². The van der Waals surface area contributed by atoms with E-state index >= 15 is 0 Å². The molecule has 0 saturated carbocycles. The first kappa shape index (κ1) is 20.1. The van der Waals surface area contributed by atoms with Crippen LogP contribution in [0.4, 0.5) is 0 Å². The monoisotopic (exact) mass is 427 g/mol. The normalized spacial score (nSPS) is 22.2. The second-order valence-electron chi connectivity index (χ2n) is 7.06. The number of fused-ring (bicyclic) bond motifs is 1. The average molecular weight is 428 g/mol. The van der Waals surface area contributed by atoms with Gasteiger partial charge in [-0.15, -0.1) is 0 Å². The lowest BCUT2D eigenvalue weighted by atomic mass is 9.92. The fraction of sp³-hybridized carbons (Fsp3) is 0.273. The van der Waals surface area contributed by atoms with Gasteiger partial charge in [-0.05, 0) is 25.0 Å². The number of hydrogen-bond donors (Lipinski definition) is 1. The summed E-state index contributed by atoms with van der Waals surface area (Å²) in [6.07, 6.45) is -1.33. The number of benzene rings is 2. The van der Waals surface area contributed by atoms with Crippen LogP contribution in [0.1, 0.15) is 31.1 Å². The van der Waals surface area contributed by atoms with Crippen molar-refractivity contribution in [3.05, 3.63) is 82.4 Å². The maximum atomic E-state index is 13.2. The zero-order chi connectivity index (χ0) is 20.5. The molecule has 29 heavy (non-hydrogen) atoms. The van der Waals surface area contributed by atoms with Crippen LogP contribution in [0.2, 0.25) is 0 Å². The molecule has 1 N–H and O–H groups in total. The Labute approximate surface area is 177 Å². The zero-order valence-corrected chi connectivity index (χ0v) is 17.7. The van der Waals surface area contributed by atoms with E-state index < -0.39 is 24.1 Å². The van der Waals surface area contributed by atoms with Gasteiger partial charge in [0.1, 0.15) is 11.1 Å². The molecule has 0 aromatic heterocycles. The molecule has 150 valence electrons. The molecule has 0 bridgehead atoms. The highest BCUT2D eigenvalue weighted by Gasteiger charge is 2.55. The number of hydrogen-bond acceptors (Lipinski definition) is 6. The summed E-state index contributed by atoms with van der Waals surface area (Å²) in [6, 6.07) is 19.1. The van der Waals surface area contributed by atoms with E-state index in [9.17, 15) is 14.7 Å². The maximum Gasteiger partial charge on any atom is 0.356 e. The lowest BCUT2D eigenvalue weighted by Gasteiger charge is -2.50. The van der Waals surface area contributed by atoms with Crippen LogP contribution in [-0.2, 0) is 14.3 Å². The van der Waals surface area contributed by atoms with E-state index in [2.05, 4.69) is 0 Å². The summed E-state index contributed by atoms with van der Waals surface area (Å²) >= 11 is 0. The number of allylic oxidation sites excluding steroid dienone is 1. The number of amides is 1. The van der Waals surface area contributed by atoms with Crippen molar-refractivity contribution in [1.82, 2.24) is 4.90 Å². The second kappa shape index (κ2) is 8.26. The SMILES string of the molecule is CC1=C(C(=O)OC(c2ccccc2)c2ccccc2)N2C(=O)[C@H]([C@@H](C)O)[C@H]2SS1. The van der Waals surface area contributed by atoms with Crippen LogP contribution in [0.5, 0.6) is 0 Å². The molecule has 2 aromatic carbocycles. The van der Waals surface area contributed by atoms with Crippen LogP contribution < -0.4 is 0 Å². The molecule has 2 heterocycles. The fourth-order valence-electron chi connectivity index (χ4n) is 3.59. The van der Waals surface area contributed by atoms with E-state index in [4.69, 9.17) is 4.74 Å². The largest absolute Gasteiger partial charge is 0.448 e. The van der Waals surface area contributed by atoms with Gasteiger partial charge in [0.05, 0.1) is 12.0 Å².